The van der Waals surface area contributed by atoms with Gasteiger partial charge in [-0.05, 0) is 36.4 Å². The zero-order valence-electron chi connectivity index (χ0n) is 10.8. The van der Waals surface area contributed by atoms with Crippen molar-refractivity contribution >= 4 is 28.9 Å². The Bertz CT molecular complexity index is 714. The van der Waals surface area contributed by atoms with E-state index in [1.165, 1.54) is 18.2 Å². The molecular weight excluding hydrogens is 277 g/mol. The topological polar surface area (TPSA) is 118 Å². The molecule has 0 aliphatic carbocycles. The van der Waals surface area contributed by atoms with Gasteiger partial charge in [0, 0.05) is 11.3 Å². The highest BCUT2D eigenvalue weighted by Crippen LogP contribution is 2.28. The van der Waals surface area contributed by atoms with E-state index in [-0.39, 0.29) is 11.3 Å². The summed E-state index contributed by atoms with van der Waals surface area (Å²) in [4.78, 5) is 22.1. The third-order valence-electron chi connectivity index (χ3n) is 2.85. The molecule has 0 spiro atoms. The minimum atomic E-state index is -1.34. The summed E-state index contributed by atoms with van der Waals surface area (Å²) >= 11 is 0. The molecule has 1 amide bonds. The number of nitrogens with one attached hydrogen (secondary N) is 1. The van der Waals surface area contributed by atoms with Crippen LogP contribution in [0.1, 0.15) is 20.7 Å². The fraction of sp³-hybridized carbons (Fsp3) is 0. The number of carbonyl (C=O) groups is 2. The highest BCUT2D eigenvalue weighted by atomic mass is 19.1. The Balaban J connectivity index is 2.37. The van der Waals surface area contributed by atoms with Crippen molar-refractivity contribution in [3.8, 4) is 0 Å². The lowest BCUT2D eigenvalue weighted by atomic mass is 10.1. The molecule has 0 unspecified atom stereocenters. The van der Waals surface area contributed by atoms with Crippen LogP contribution < -0.4 is 16.8 Å². The molecule has 7 heteroatoms. The van der Waals surface area contributed by atoms with Crippen LogP contribution in [0.4, 0.5) is 21.5 Å². The number of nitrogen functional groups attached to an aromatic ring is 1. The van der Waals surface area contributed by atoms with Crippen LogP contribution in [0, 0.1) is 5.82 Å². The number of carbonyl (C=O) groups excluding carboxylic acids is 1. The number of carboxylic acids is 1. The van der Waals surface area contributed by atoms with Crippen LogP contribution in [0.5, 0.6) is 0 Å². The second-order valence-electron chi connectivity index (χ2n) is 4.26. The number of anilines is 3. The molecule has 0 saturated heterocycles. The van der Waals surface area contributed by atoms with Gasteiger partial charge in [-0.2, -0.15) is 0 Å². The molecule has 2 aromatic carbocycles. The van der Waals surface area contributed by atoms with Crippen LogP contribution in [0.3, 0.4) is 0 Å². The van der Waals surface area contributed by atoms with Crippen molar-refractivity contribution in [1.29, 1.82) is 0 Å². The van der Waals surface area contributed by atoms with Crippen molar-refractivity contribution < 1.29 is 19.1 Å². The number of amides is 1. The van der Waals surface area contributed by atoms with E-state index in [2.05, 4.69) is 5.32 Å². The predicted octanol–water partition coefficient (Wildman–Crippen LogP) is 1.95. The van der Waals surface area contributed by atoms with Gasteiger partial charge in [0.1, 0.15) is 11.4 Å². The van der Waals surface area contributed by atoms with E-state index in [0.29, 0.717) is 11.3 Å². The normalized spacial score (nSPS) is 10.1. The van der Waals surface area contributed by atoms with Gasteiger partial charge < -0.3 is 21.9 Å². The van der Waals surface area contributed by atoms with E-state index < -0.39 is 23.4 Å². The molecule has 0 heterocycles. The Morgan fingerprint density at radius 2 is 1.71 bits per heavy atom. The Morgan fingerprint density at radius 3 is 2.24 bits per heavy atom. The van der Waals surface area contributed by atoms with E-state index in [1.807, 2.05) is 0 Å². The number of halogens is 1. The third kappa shape index (κ3) is 2.92. The summed E-state index contributed by atoms with van der Waals surface area (Å²) in [5.41, 5.74) is 10.7. The van der Waals surface area contributed by atoms with Crippen LogP contribution in [0.25, 0.3) is 0 Å². The Morgan fingerprint density at radius 1 is 1.10 bits per heavy atom. The van der Waals surface area contributed by atoms with Gasteiger partial charge in [0.15, 0.2) is 0 Å². The molecule has 2 aromatic rings. The average Bonchev–Trinajstić information content (AvgIpc) is 2.43. The first kappa shape index (κ1) is 14.3. The van der Waals surface area contributed by atoms with Crippen LogP contribution in [-0.2, 0) is 0 Å². The second kappa shape index (κ2) is 5.49. The molecule has 0 aliphatic heterocycles. The summed E-state index contributed by atoms with van der Waals surface area (Å²) in [5, 5.41) is 11.9. The number of aromatic carboxylic acids is 1. The summed E-state index contributed by atoms with van der Waals surface area (Å²) in [7, 11) is 0. The van der Waals surface area contributed by atoms with Crippen molar-refractivity contribution in [2.75, 3.05) is 11.1 Å². The smallest absolute Gasteiger partial charge is 0.340 e. The first-order valence-electron chi connectivity index (χ1n) is 5.88. The largest absolute Gasteiger partial charge is 0.478 e. The molecule has 0 saturated carbocycles. The number of hydrogen-bond donors (Lipinski definition) is 4. The summed E-state index contributed by atoms with van der Waals surface area (Å²) in [6.45, 7) is 0. The molecule has 6 nitrogen and oxygen atoms in total. The molecule has 2 rings (SSSR count). The van der Waals surface area contributed by atoms with Gasteiger partial charge >= 0.3 is 5.97 Å². The van der Waals surface area contributed by atoms with Crippen molar-refractivity contribution in [2.24, 2.45) is 5.73 Å². The lowest BCUT2D eigenvalue weighted by molar-refractivity contribution is 0.0698. The third-order valence-corrected chi connectivity index (χ3v) is 2.85. The quantitative estimate of drug-likeness (QED) is 0.641. The number of rotatable bonds is 4. The van der Waals surface area contributed by atoms with Crippen molar-refractivity contribution in [3.05, 3.63) is 53.3 Å². The molecule has 0 atom stereocenters. The van der Waals surface area contributed by atoms with E-state index in [1.54, 1.807) is 12.1 Å². The average molecular weight is 289 g/mol. The van der Waals surface area contributed by atoms with E-state index in [4.69, 9.17) is 16.6 Å². The number of primary amides is 1. The first-order valence-corrected chi connectivity index (χ1v) is 5.88. The van der Waals surface area contributed by atoms with Gasteiger partial charge in [-0.25, -0.2) is 9.18 Å². The molecule has 0 radical (unpaired) electrons. The van der Waals surface area contributed by atoms with Crippen molar-refractivity contribution in [3.63, 3.8) is 0 Å². The van der Waals surface area contributed by atoms with Gasteiger partial charge in [-0.3, -0.25) is 4.79 Å². The number of nitrogens with two attached hydrogens (primary N) is 2. The molecule has 0 fully saturated rings. The van der Waals surface area contributed by atoms with Gasteiger partial charge in [0.2, 0.25) is 5.91 Å². The van der Waals surface area contributed by atoms with E-state index in [0.717, 1.165) is 6.07 Å². The Hall–Kier alpha value is -3.09. The maximum atomic E-state index is 13.3. The van der Waals surface area contributed by atoms with Crippen molar-refractivity contribution in [2.45, 2.75) is 0 Å². The summed E-state index contributed by atoms with van der Waals surface area (Å²) in [6.07, 6.45) is 0. The lowest BCUT2D eigenvalue weighted by Gasteiger charge is -2.12. The summed E-state index contributed by atoms with van der Waals surface area (Å²) in [6, 6.07) is 8.41. The monoisotopic (exact) mass is 289 g/mol. The fourth-order valence-electron chi connectivity index (χ4n) is 1.80. The maximum absolute atomic E-state index is 13.3. The molecule has 0 aromatic heterocycles. The van der Waals surface area contributed by atoms with Crippen LogP contribution in [-0.4, -0.2) is 17.0 Å². The molecule has 0 bridgehead atoms. The molecule has 0 aliphatic rings. The summed E-state index contributed by atoms with van der Waals surface area (Å²) < 4.78 is 13.3. The summed E-state index contributed by atoms with van der Waals surface area (Å²) in [5.74, 6) is -2.72. The fourth-order valence-corrected chi connectivity index (χ4v) is 1.80. The van der Waals surface area contributed by atoms with Gasteiger partial charge in [0.25, 0.3) is 0 Å². The van der Waals surface area contributed by atoms with Gasteiger partial charge in [-0.15, -0.1) is 0 Å². The Labute approximate surface area is 119 Å². The molecular formula is C14H12FN3O3. The SMILES string of the molecule is NC(=O)c1ccc(Nc2ccc(F)c(N)c2C(=O)O)cc1. The zero-order chi connectivity index (χ0) is 15.6. The number of carboxylic acid groups (broad SMARTS) is 1. The Kier molecular flexibility index (Phi) is 3.75. The molecule has 108 valence electrons. The highest BCUT2D eigenvalue weighted by Gasteiger charge is 2.17. The number of hydrogen-bond acceptors (Lipinski definition) is 4. The highest BCUT2D eigenvalue weighted by molar-refractivity contribution is 6.01. The zero-order valence-corrected chi connectivity index (χ0v) is 10.8. The molecule has 21 heavy (non-hydrogen) atoms. The lowest BCUT2D eigenvalue weighted by Crippen LogP contribution is -2.11. The standard InChI is InChI=1S/C14H12FN3O3/c15-9-5-6-10(11(12(9)16)14(20)21)18-8-3-1-7(2-4-8)13(17)19/h1-6,18H,16H2,(H2,17,19)(H,20,21). The van der Waals surface area contributed by atoms with Crippen LogP contribution in [0.15, 0.2) is 36.4 Å². The number of benzene rings is 2. The van der Waals surface area contributed by atoms with Gasteiger partial charge in [0.05, 0.1) is 11.4 Å². The molecule has 6 N–H and O–H groups in total. The minimum absolute atomic E-state index is 0.147. The van der Waals surface area contributed by atoms with E-state index in [9.17, 15) is 14.0 Å². The van der Waals surface area contributed by atoms with Crippen LogP contribution >= 0.6 is 0 Å². The first-order chi connectivity index (χ1) is 9.90. The van der Waals surface area contributed by atoms with Gasteiger partial charge in [-0.1, -0.05) is 0 Å². The second-order valence-corrected chi connectivity index (χ2v) is 4.26. The minimum Gasteiger partial charge on any atom is -0.478 e. The van der Waals surface area contributed by atoms with Crippen molar-refractivity contribution in [1.82, 2.24) is 0 Å². The van der Waals surface area contributed by atoms with E-state index >= 15 is 0 Å². The predicted molar refractivity (Wildman–Crippen MR) is 76.0 cm³/mol. The van der Waals surface area contributed by atoms with Crippen LogP contribution in [0.2, 0.25) is 0 Å². The maximum Gasteiger partial charge on any atom is 0.340 e.